The number of aliphatic carboxylic acids is 2. The summed E-state index contributed by atoms with van der Waals surface area (Å²) in [4.78, 5) is 23.5. The Morgan fingerprint density at radius 3 is 2.22 bits per heavy atom. The number of methoxy groups -OCH3 is 1. The summed E-state index contributed by atoms with van der Waals surface area (Å²) >= 11 is 3.56. The van der Waals surface area contributed by atoms with Gasteiger partial charge < -0.3 is 14.9 Å². The predicted octanol–water partition coefficient (Wildman–Crippen LogP) is 2.67. The van der Waals surface area contributed by atoms with Gasteiger partial charge in [-0.1, -0.05) is 28.8 Å². The highest BCUT2D eigenvalue weighted by molar-refractivity contribution is 9.10. The molecule has 2 aliphatic rings. The Morgan fingerprint density at radius 1 is 1.11 bits per heavy atom. The predicted molar refractivity (Wildman–Crippen MR) is 105 cm³/mol. The van der Waals surface area contributed by atoms with Crippen LogP contribution in [0.25, 0.3) is 0 Å². The smallest absolute Gasteiger partial charge is 0.414 e. The van der Waals surface area contributed by atoms with Gasteiger partial charge in [0.05, 0.1) is 7.11 Å². The number of ether oxygens (including phenoxy) is 1. The number of nitrogens with zero attached hydrogens (tertiary/aromatic N) is 2. The van der Waals surface area contributed by atoms with E-state index in [-0.39, 0.29) is 0 Å². The molecule has 1 aliphatic heterocycles. The average molecular weight is 443 g/mol. The van der Waals surface area contributed by atoms with Gasteiger partial charge in [-0.15, -0.1) is 0 Å². The SMILES string of the molecule is COc1ccc(Br)cc1CN1CCN(C2CCCC2)CC1.O=C(O)C(=O)O. The lowest BCUT2D eigenvalue weighted by molar-refractivity contribution is -0.159. The third-order valence-electron chi connectivity index (χ3n) is 5.07. The minimum absolute atomic E-state index is 0.868. The van der Waals surface area contributed by atoms with Gasteiger partial charge in [-0.05, 0) is 31.0 Å². The molecule has 27 heavy (non-hydrogen) atoms. The number of piperazine rings is 1. The van der Waals surface area contributed by atoms with Crippen molar-refractivity contribution in [2.75, 3.05) is 33.3 Å². The van der Waals surface area contributed by atoms with Crippen molar-refractivity contribution in [3.05, 3.63) is 28.2 Å². The first-order valence-corrected chi connectivity index (χ1v) is 9.95. The number of hydrogen-bond donors (Lipinski definition) is 2. The van der Waals surface area contributed by atoms with Gasteiger partial charge in [0.15, 0.2) is 0 Å². The summed E-state index contributed by atoms with van der Waals surface area (Å²) in [5, 5.41) is 14.8. The largest absolute Gasteiger partial charge is 0.496 e. The van der Waals surface area contributed by atoms with Crippen LogP contribution in [0.15, 0.2) is 22.7 Å². The molecule has 0 bridgehead atoms. The van der Waals surface area contributed by atoms with Gasteiger partial charge in [-0.25, -0.2) is 9.59 Å². The molecule has 8 heteroatoms. The molecular formula is C19H27BrN2O5. The van der Waals surface area contributed by atoms with Crippen LogP contribution >= 0.6 is 15.9 Å². The first-order valence-electron chi connectivity index (χ1n) is 9.15. The first-order chi connectivity index (χ1) is 12.9. The van der Waals surface area contributed by atoms with Crippen molar-refractivity contribution in [1.29, 1.82) is 0 Å². The topological polar surface area (TPSA) is 90.3 Å². The van der Waals surface area contributed by atoms with Gasteiger partial charge in [0.2, 0.25) is 0 Å². The average Bonchev–Trinajstić information content (AvgIpc) is 3.18. The number of carboxylic acid groups (broad SMARTS) is 2. The van der Waals surface area contributed by atoms with Crippen molar-refractivity contribution < 1.29 is 24.5 Å². The van der Waals surface area contributed by atoms with Gasteiger partial charge in [0.25, 0.3) is 0 Å². The Balaban J connectivity index is 0.000000380. The number of benzene rings is 1. The van der Waals surface area contributed by atoms with Crippen molar-refractivity contribution in [3.63, 3.8) is 0 Å². The van der Waals surface area contributed by atoms with E-state index < -0.39 is 11.9 Å². The highest BCUT2D eigenvalue weighted by atomic mass is 79.9. The number of rotatable bonds is 4. The Labute approximate surface area is 168 Å². The second-order valence-electron chi connectivity index (χ2n) is 6.82. The number of halogens is 1. The zero-order valence-electron chi connectivity index (χ0n) is 15.6. The fourth-order valence-electron chi connectivity index (χ4n) is 3.67. The van der Waals surface area contributed by atoms with Crippen LogP contribution in [0.3, 0.4) is 0 Å². The molecule has 1 aliphatic carbocycles. The monoisotopic (exact) mass is 442 g/mol. The summed E-state index contributed by atoms with van der Waals surface area (Å²) < 4.78 is 6.61. The zero-order valence-corrected chi connectivity index (χ0v) is 17.2. The normalized spacial score (nSPS) is 18.6. The van der Waals surface area contributed by atoms with Crippen molar-refractivity contribution in [3.8, 4) is 5.75 Å². The van der Waals surface area contributed by atoms with E-state index in [1.165, 1.54) is 57.4 Å². The van der Waals surface area contributed by atoms with Crippen LogP contribution in [0.4, 0.5) is 0 Å². The standard InChI is InChI=1S/C17H25BrN2O.C2H2O4/c1-21-17-7-6-15(18)12-14(17)13-19-8-10-20(11-9-19)16-4-2-3-5-16;3-1(4)2(5)6/h6-7,12,16H,2-5,8-11,13H2,1H3;(H,3,4)(H,5,6). The fraction of sp³-hybridized carbons (Fsp3) is 0.579. The van der Waals surface area contributed by atoms with E-state index >= 15 is 0 Å². The molecule has 0 amide bonds. The van der Waals surface area contributed by atoms with E-state index in [0.717, 1.165) is 22.8 Å². The molecular weight excluding hydrogens is 416 g/mol. The molecule has 2 fully saturated rings. The molecule has 150 valence electrons. The molecule has 0 unspecified atom stereocenters. The van der Waals surface area contributed by atoms with E-state index in [1.54, 1.807) is 7.11 Å². The maximum absolute atomic E-state index is 9.10. The summed E-state index contributed by atoms with van der Waals surface area (Å²) in [6.45, 7) is 5.78. The summed E-state index contributed by atoms with van der Waals surface area (Å²) in [6, 6.07) is 7.14. The summed E-state index contributed by atoms with van der Waals surface area (Å²) in [5.41, 5.74) is 1.28. The Bertz CT molecular complexity index is 629. The van der Waals surface area contributed by atoms with Crippen LogP contribution in [-0.2, 0) is 16.1 Å². The van der Waals surface area contributed by atoms with Crippen molar-refractivity contribution in [2.24, 2.45) is 0 Å². The Kier molecular flexibility index (Phi) is 8.53. The van der Waals surface area contributed by atoms with Crippen molar-refractivity contribution >= 4 is 27.9 Å². The Morgan fingerprint density at radius 2 is 1.70 bits per heavy atom. The first kappa shape index (κ1) is 21.7. The minimum atomic E-state index is -1.82. The lowest BCUT2D eigenvalue weighted by Gasteiger charge is -2.38. The lowest BCUT2D eigenvalue weighted by atomic mass is 10.1. The highest BCUT2D eigenvalue weighted by Gasteiger charge is 2.26. The van der Waals surface area contributed by atoms with E-state index in [2.05, 4.69) is 31.8 Å². The number of hydrogen-bond acceptors (Lipinski definition) is 5. The third-order valence-corrected chi connectivity index (χ3v) is 5.56. The van der Waals surface area contributed by atoms with Crippen LogP contribution in [0.2, 0.25) is 0 Å². The van der Waals surface area contributed by atoms with Crippen LogP contribution in [0, 0.1) is 0 Å². The van der Waals surface area contributed by atoms with Crippen LogP contribution in [-0.4, -0.2) is 71.3 Å². The molecule has 0 radical (unpaired) electrons. The molecule has 0 aromatic heterocycles. The molecule has 1 aromatic rings. The van der Waals surface area contributed by atoms with Crippen LogP contribution < -0.4 is 4.74 Å². The summed E-state index contributed by atoms with van der Waals surface area (Å²) in [7, 11) is 1.75. The third kappa shape index (κ3) is 6.79. The van der Waals surface area contributed by atoms with Crippen molar-refractivity contribution in [2.45, 2.75) is 38.3 Å². The molecule has 1 heterocycles. The summed E-state index contributed by atoms with van der Waals surface area (Å²) in [6.07, 6.45) is 5.69. The molecule has 2 N–H and O–H groups in total. The zero-order chi connectivity index (χ0) is 19.8. The number of carboxylic acids is 2. The maximum Gasteiger partial charge on any atom is 0.414 e. The quantitative estimate of drug-likeness (QED) is 0.692. The second kappa shape index (κ2) is 10.6. The molecule has 0 spiro atoms. The van der Waals surface area contributed by atoms with Gasteiger partial charge in [0, 0.05) is 48.8 Å². The maximum atomic E-state index is 9.10. The Hall–Kier alpha value is -1.64. The van der Waals surface area contributed by atoms with Gasteiger partial charge in [-0.3, -0.25) is 9.80 Å². The molecule has 1 aromatic carbocycles. The van der Waals surface area contributed by atoms with Crippen LogP contribution in [0.1, 0.15) is 31.2 Å². The minimum Gasteiger partial charge on any atom is -0.496 e. The van der Waals surface area contributed by atoms with Crippen LogP contribution in [0.5, 0.6) is 5.75 Å². The van der Waals surface area contributed by atoms with Gasteiger partial charge >= 0.3 is 11.9 Å². The molecule has 7 nitrogen and oxygen atoms in total. The van der Waals surface area contributed by atoms with Crippen molar-refractivity contribution in [1.82, 2.24) is 9.80 Å². The second-order valence-corrected chi connectivity index (χ2v) is 7.73. The van der Waals surface area contributed by atoms with E-state index in [9.17, 15) is 0 Å². The highest BCUT2D eigenvalue weighted by Crippen LogP contribution is 2.27. The van der Waals surface area contributed by atoms with E-state index in [4.69, 9.17) is 24.5 Å². The number of carbonyl (C=O) groups is 2. The lowest BCUT2D eigenvalue weighted by Crippen LogP contribution is -2.49. The van der Waals surface area contributed by atoms with Gasteiger partial charge in [0.1, 0.15) is 5.75 Å². The summed E-state index contributed by atoms with van der Waals surface area (Å²) in [5.74, 6) is -2.65. The molecule has 3 rings (SSSR count). The van der Waals surface area contributed by atoms with E-state index in [0.29, 0.717) is 0 Å². The van der Waals surface area contributed by atoms with E-state index in [1.807, 2.05) is 12.1 Å². The van der Waals surface area contributed by atoms with Gasteiger partial charge in [-0.2, -0.15) is 0 Å². The molecule has 1 saturated heterocycles. The molecule has 1 saturated carbocycles. The fourth-order valence-corrected chi connectivity index (χ4v) is 4.08. The molecule has 0 atom stereocenters.